The molecule has 23 heteroatoms. The minimum atomic E-state index is -3.85. The fourth-order valence-corrected chi connectivity index (χ4v) is 9.18. The van der Waals surface area contributed by atoms with Gasteiger partial charge in [0.15, 0.2) is 23.7 Å². The van der Waals surface area contributed by atoms with Gasteiger partial charge in [0.05, 0.1) is 38.1 Å². The van der Waals surface area contributed by atoms with Gasteiger partial charge in [-0.3, -0.25) is 25.4 Å². The van der Waals surface area contributed by atoms with Crippen LogP contribution in [-0.4, -0.2) is 104 Å². The number of imidazole rings is 1. The lowest BCUT2D eigenvalue weighted by atomic mass is 10.1. The summed E-state index contributed by atoms with van der Waals surface area (Å²) in [6.45, 7) is -4.02. The molecule has 0 saturated carbocycles. The fourth-order valence-electron chi connectivity index (χ4n) is 5.68. The summed E-state index contributed by atoms with van der Waals surface area (Å²) >= 11 is 15.6. The Labute approximate surface area is 259 Å². The van der Waals surface area contributed by atoms with Gasteiger partial charge in [-0.15, -0.1) is 0 Å². The second-order valence-corrected chi connectivity index (χ2v) is 18.4. The summed E-state index contributed by atoms with van der Waals surface area (Å²) in [5, 5.41) is 5.67. The van der Waals surface area contributed by atoms with E-state index in [1.165, 1.54) is 12.7 Å². The molecule has 43 heavy (non-hydrogen) atoms. The van der Waals surface area contributed by atoms with Crippen molar-refractivity contribution in [3.05, 3.63) is 12.7 Å². The molecular weight excluding hydrogens is 666 g/mol. The van der Waals surface area contributed by atoms with Crippen LogP contribution < -0.4 is 22.1 Å². The van der Waals surface area contributed by atoms with Crippen molar-refractivity contribution in [2.45, 2.75) is 68.2 Å². The van der Waals surface area contributed by atoms with Crippen molar-refractivity contribution < 1.29 is 37.3 Å². The number of carbonyl (C=O) groups excluding carboxylic acids is 1. The van der Waals surface area contributed by atoms with Crippen LogP contribution in [-0.2, 0) is 56.0 Å². The van der Waals surface area contributed by atoms with Crippen LogP contribution in [0, 0.1) is 0 Å². The van der Waals surface area contributed by atoms with Gasteiger partial charge < -0.3 is 48.4 Å². The van der Waals surface area contributed by atoms with Crippen LogP contribution in [0.25, 0.3) is 11.2 Å². The first kappa shape index (κ1) is 30.2. The Bertz CT molecular complexity index is 1560. The molecule has 0 spiro atoms. The van der Waals surface area contributed by atoms with E-state index >= 15 is 0 Å². The Morgan fingerprint density at radius 3 is 2.77 bits per heavy atom. The average Bonchev–Trinajstić information content (AvgIpc) is 3.71. The number of nitrogen functional groups attached to an aromatic ring is 1. The number of hydrogen-bond donors (Lipinski definition) is 6. The molecule has 2 bridgehead atoms. The molecule has 0 aromatic carbocycles. The lowest BCUT2D eigenvalue weighted by Gasteiger charge is -2.39. The van der Waals surface area contributed by atoms with Gasteiger partial charge in [-0.05, 0) is 23.6 Å². The molecular formula is C20H28N10O8P2S3. The summed E-state index contributed by atoms with van der Waals surface area (Å²) in [4.78, 5) is 42.1. The number of rotatable bonds is 2. The molecule has 234 valence electrons. The van der Waals surface area contributed by atoms with Gasteiger partial charge in [0.1, 0.15) is 42.7 Å². The van der Waals surface area contributed by atoms with E-state index in [9.17, 15) is 9.69 Å². The van der Waals surface area contributed by atoms with Crippen LogP contribution in [0.15, 0.2) is 17.6 Å². The first-order valence-electron chi connectivity index (χ1n) is 13.1. The van der Waals surface area contributed by atoms with Crippen molar-refractivity contribution in [2.75, 3.05) is 18.9 Å². The van der Waals surface area contributed by atoms with Crippen LogP contribution in [0.5, 0.6) is 0 Å². The second-order valence-electron chi connectivity index (χ2n) is 10.4. The molecule has 7 rings (SSSR count). The number of nitrogens with two attached hydrogens (primary N) is 2. The molecule has 18 nitrogen and oxygen atoms in total. The van der Waals surface area contributed by atoms with E-state index in [2.05, 4.69) is 42.8 Å². The third-order valence-electron chi connectivity index (χ3n) is 7.58. The number of nitrogens with one attached hydrogen (secondary N) is 2. The van der Waals surface area contributed by atoms with Gasteiger partial charge in [0, 0.05) is 12.8 Å². The molecule has 1 amide bonds. The van der Waals surface area contributed by atoms with Crippen molar-refractivity contribution in [1.29, 1.82) is 0 Å². The highest BCUT2D eigenvalue weighted by Gasteiger charge is 2.51. The highest BCUT2D eigenvalue weighted by Crippen LogP contribution is 2.58. The Balaban J connectivity index is 1.12. The predicted molar refractivity (Wildman–Crippen MR) is 160 cm³/mol. The maximum absolute atomic E-state index is 12.4. The Morgan fingerprint density at radius 2 is 1.93 bits per heavy atom. The third kappa shape index (κ3) is 5.97. The monoisotopic (exact) mass is 694 g/mol. The van der Waals surface area contributed by atoms with Crippen LogP contribution in [0.2, 0.25) is 0 Å². The van der Waals surface area contributed by atoms with Gasteiger partial charge >= 0.3 is 6.72 Å². The summed E-state index contributed by atoms with van der Waals surface area (Å²) in [5.41, 5.74) is 9.65. The number of fused-ring (bicyclic) bond motifs is 5. The normalized spacial score (nSPS) is 43.5. The largest absolute Gasteiger partial charge is 0.382 e. The van der Waals surface area contributed by atoms with Crippen LogP contribution in [0.3, 0.4) is 0 Å². The minimum absolute atomic E-state index is 0.0167. The molecule has 5 aliphatic rings. The topological polar surface area (TPSA) is 228 Å². The quantitative estimate of drug-likeness (QED) is 0.164. The molecule has 0 aliphatic carbocycles. The molecule has 2 aromatic rings. The Morgan fingerprint density at radius 1 is 1.09 bits per heavy atom. The zero-order valence-corrected chi connectivity index (χ0v) is 26.4. The van der Waals surface area contributed by atoms with Crippen molar-refractivity contribution in [2.24, 2.45) is 10.7 Å². The molecule has 0 radical (unpaired) electrons. The Kier molecular flexibility index (Phi) is 8.04. The zero-order valence-electron chi connectivity index (χ0n) is 22.1. The van der Waals surface area contributed by atoms with E-state index in [1.54, 1.807) is 15.8 Å². The summed E-state index contributed by atoms with van der Waals surface area (Å²) in [7, 11) is 0. The van der Waals surface area contributed by atoms with Crippen LogP contribution in [0.4, 0.5) is 5.82 Å². The highest BCUT2D eigenvalue weighted by molar-refractivity contribution is 8.60. The van der Waals surface area contributed by atoms with Gasteiger partial charge in [-0.25, -0.2) is 15.0 Å². The predicted octanol–water partition coefficient (Wildman–Crippen LogP) is -1.00. The SMILES string of the molecule is Nc1ncnc2c1ncn2[C@H]1C[C@@H]2OP(=S)(S)OC[C@@H]3C[C@@H](OP(O)(=S)OC[C@H]2O1)[C@H](N1C=NC2C(=O)NC(N)NC21)O3. The number of aromatic nitrogens is 4. The Hall–Kier alpha value is -1.42. The van der Waals surface area contributed by atoms with Gasteiger partial charge in [0.2, 0.25) is 5.69 Å². The van der Waals surface area contributed by atoms with E-state index in [-0.39, 0.29) is 31.4 Å². The van der Waals surface area contributed by atoms with Crippen molar-refractivity contribution in [3.8, 4) is 0 Å². The molecule has 5 unspecified atom stereocenters. The lowest BCUT2D eigenvalue weighted by molar-refractivity contribution is -0.130. The number of nitrogens with zero attached hydrogens (tertiary/aromatic N) is 6. The average molecular weight is 695 g/mol. The summed E-state index contributed by atoms with van der Waals surface area (Å²) in [6.07, 6.45) is -0.581. The van der Waals surface area contributed by atoms with E-state index in [4.69, 9.17) is 62.6 Å². The summed E-state index contributed by atoms with van der Waals surface area (Å²) < 4.78 is 38.2. The van der Waals surface area contributed by atoms with Crippen LogP contribution in [0.1, 0.15) is 19.1 Å². The number of aliphatic imine (C=N–C) groups is 1. The van der Waals surface area contributed by atoms with E-state index in [0.717, 1.165) is 0 Å². The molecule has 4 fully saturated rings. The smallest absolute Gasteiger partial charge is 0.325 e. The van der Waals surface area contributed by atoms with Crippen LogP contribution >= 0.6 is 24.7 Å². The van der Waals surface area contributed by atoms with E-state index in [0.29, 0.717) is 17.6 Å². The molecule has 2 aromatic heterocycles. The first-order chi connectivity index (χ1) is 20.5. The minimum Gasteiger partial charge on any atom is -0.382 e. The van der Waals surface area contributed by atoms with Crippen molar-refractivity contribution in [3.63, 3.8) is 0 Å². The lowest BCUT2D eigenvalue weighted by Crippen LogP contribution is -2.70. The van der Waals surface area contributed by atoms with Crippen molar-refractivity contribution in [1.82, 2.24) is 35.1 Å². The maximum Gasteiger partial charge on any atom is 0.325 e. The maximum atomic E-state index is 12.4. The fraction of sp³-hybridized carbons (Fsp3) is 0.650. The summed E-state index contributed by atoms with van der Waals surface area (Å²) in [5.74, 6) is -0.0995. The third-order valence-corrected chi connectivity index (χ3v) is 11.4. The number of ether oxygens (including phenoxy) is 2. The molecule has 7 N–H and O–H groups in total. The zero-order chi connectivity index (χ0) is 30.1. The second kappa shape index (κ2) is 11.4. The van der Waals surface area contributed by atoms with E-state index < -0.39 is 67.8 Å². The van der Waals surface area contributed by atoms with Crippen molar-refractivity contribution >= 4 is 77.5 Å². The van der Waals surface area contributed by atoms with Gasteiger partial charge in [0.25, 0.3) is 5.91 Å². The molecule has 7 heterocycles. The molecule has 11 atom stereocenters. The number of carbonyl (C=O) groups is 1. The number of anilines is 1. The highest BCUT2D eigenvalue weighted by atomic mass is 32.9. The molecule has 5 aliphatic heterocycles. The number of hydrogen-bond acceptors (Lipinski definition) is 17. The number of amides is 1. The number of thiol groups is 1. The van der Waals surface area contributed by atoms with Gasteiger partial charge in [-0.2, -0.15) is 0 Å². The first-order valence-corrected chi connectivity index (χ1v) is 19.5. The summed E-state index contributed by atoms with van der Waals surface area (Å²) in [6, 6.07) is -0.754. The standard InChI is InChI=1S/C20H28N10O8P2S3/c21-15-13-16(24-5-23-15)29(6-25-13)12-2-9-11(36-12)4-33-39(32,41)37-10-1-8(3-34-40(42,43)38-9)35-19(10)30-7-26-14-17(30)27-20(22)28-18(14)31/h5-12,14,17,19-20,27H,1-4,22H2,(H,28,31)(H,32,41)(H,42,43)(H2,21,23,24)/t8-,9-,10+,11+,12+,14?,17?,19+,20?,39?/m0/s1. The molecule has 4 saturated heterocycles. The van der Waals surface area contributed by atoms with E-state index in [1.807, 2.05) is 0 Å². The van der Waals surface area contributed by atoms with Gasteiger partial charge in [-0.1, -0.05) is 12.2 Å².